The highest BCUT2D eigenvalue weighted by Gasteiger charge is 2.15. The molecule has 0 fully saturated rings. The van der Waals surface area contributed by atoms with E-state index < -0.39 is 5.97 Å². The van der Waals surface area contributed by atoms with Gasteiger partial charge in [0.05, 0.1) is 10.0 Å². The highest BCUT2D eigenvalue weighted by atomic mass is 35.5. The van der Waals surface area contributed by atoms with Gasteiger partial charge in [-0.3, -0.25) is 0 Å². The van der Waals surface area contributed by atoms with E-state index in [1.54, 1.807) is 48.5 Å². The Morgan fingerprint density at radius 3 is 2.68 bits per heavy atom. The quantitative estimate of drug-likeness (QED) is 0.232. The van der Waals surface area contributed by atoms with Crippen molar-refractivity contribution in [1.82, 2.24) is 4.98 Å². The van der Waals surface area contributed by atoms with E-state index in [-0.39, 0.29) is 10.1 Å². The summed E-state index contributed by atoms with van der Waals surface area (Å²) in [5.74, 6) is -0.481. The molecule has 0 aliphatic rings. The lowest BCUT2D eigenvalue weighted by Crippen LogP contribution is -1.97. The van der Waals surface area contributed by atoms with Crippen molar-refractivity contribution >= 4 is 58.1 Å². The Bertz CT molecular complexity index is 1250. The molecule has 4 aromatic rings. The number of aliphatic carboxylic acids is 1. The van der Waals surface area contributed by atoms with Crippen molar-refractivity contribution in [1.29, 1.82) is 0 Å². The molecule has 0 amide bonds. The second kappa shape index (κ2) is 9.47. The zero-order valence-corrected chi connectivity index (χ0v) is 18.2. The SMILES string of the molecule is O=C(O)/C(=C/c1cccc(OCc2ccc(Cl)c(Cl)c2)c1)Sc1nc2ccccc2o1. The number of fused-ring (bicyclic) bond motifs is 1. The first-order valence-electron chi connectivity index (χ1n) is 9.13. The van der Waals surface area contributed by atoms with Gasteiger partial charge in [0.1, 0.15) is 22.8 Å². The Balaban J connectivity index is 1.51. The number of carbonyl (C=O) groups is 1. The number of para-hydroxylation sites is 2. The molecule has 1 heterocycles. The number of nitrogens with zero attached hydrogens (tertiary/aromatic N) is 1. The van der Waals surface area contributed by atoms with Gasteiger partial charge in [0, 0.05) is 0 Å². The van der Waals surface area contributed by atoms with E-state index in [0.29, 0.717) is 39.1 Å². The molecule has 0 aliphatic heterocycles. The number of oxazole rings is 1. The van der Waals surface area contributed by atoms with Crippen LogP contribution in [-0.4, -0.2) is 16.1 Å². The smallest absolute Gasteiger partial charge is 0.342 e. The maximum atomic E-state index is 11.8. The number of halogens is 2. The summed E-state index contributed by atoms with van der Waals surface area (Å²) in [6.07, 6.45) is 1.55. The highest BCUT2D eigenvalue weighted by molar-refractivity contribution is 8.03. The van der Waals surface area contributed by atoms with Gasteiger partial charge in [-0.2, -0.15) is 0 Å². The van der Waals surface area contributed by atoms with Gasteiger partial charge in [0.25, 0.3) is 5.22 Å². The number of hydrogen-bond donors (Lipinski definition) is 1. The molecule has 4 rings (SSSR count). The number of carboxylic acids is 1. The predicted molar refractivity (Wildman–Crippen MR) is 123 cm³/mol. The van der Waals surface area contributed by atoms with Crippen LogP contribution in [0, 0.1) is 0 Å². The third-order valence-electron chi connectivity index (χ3n) is 4.23. The molecule has 31 heavy (non-hydrogen) atoms. The average molecular weight is 472 g/mol. The van der Waals surface area contributed by atoms with Crippen molar-refractivity contribution in [3.8, 4) is 5.75 Å². The number of carboxylic acid groups (broad SMARTS) is 1. The predicted octanol–water partition coefficient (Wildman–Crippen LogP) is 6.93. The highest BCUT2D eigenvalue weighted by Crippen LogP contribution is 2.31. The second-order valence-corrected chi connectivity index (χ2v) is 8.28. The van der Waals surface area contributed by atoms with Crippen LogP contribution in [0.4, 0.5) is 0 Å². The molecule has 0 radical (unpaired) electrons. The lowest BCUT2D eigenvalue weighted by molar-refractivity contribution is -0.131. The molecule has 0 aliphatic carbocycles. The van der Waals surface area contributed by atoms with Crippen LogP contribution >= 0.6 is 35.0 Å². The van der Waals surface area contributed by atoms with Crippen LogP contribution in [0.3, 0.4) is 0 Å². The first-order chi connectivity index (χ1) is 15.0. The molecule has 0 saturated carbocycles. The number of thioether (sulfide) groups is 1. The topological polar surface area (TPSA) is 72.6 Å². The van der Waals surface area contributed by atoms with Crippen molar-refractivity contribution in [2.24, 2.45) is 0 Å². The van der Waals surface area contributed by atoms with Gasteiger partial charge in [-0.05, 0) is 65.4 Å². The molecular weight excluding hydrogens is 457 g/mol. The summed E-state index contributed by atoms with van der Waals surface area (Å²) >= 11 is 12.9. The van der Waals surface area contributed by atoms with Crippen LogP contribution in [0.5, 0.6) is 5.75 Å². The largest absolute Gasteiger partial charge is 0.489 e. The molecule has 156 valence electrons. The van der Waals surface area contributed by atoms with Gasteiger partial charge < -0.3 is 14.3 Å². The van der Waals surface area contributed by atoms with Crippen LogP contribution in [0.1, 0.15) is 11.1 Å². The summed E-state index contributed by atoms with van der Waals surface area (Å²) in [5, 5.41) is 10.8. The van der Waals surface area contributed by atoms with Crippen molar-refractivity contribution < 1.29 is 19.1 Å². The minimum absolute atomic E-state index is 0.0770. The fourth-order valence-electron chi connectivity index (χ4n) is 2.77. The zero-order valence-electron chi connectivity index (χ0n) is 15.9. The molecule has 1 aromatic heterocycles. The Kier molecular flexibility index (Phi) is 6.51. The molecular formula is C23H15Cl2NO4S. The first kappa shape index (κ1) is 21.3. The Morgan fingerprint density at radius 2 is 1.90 bits per heavy atom. The number of hydrogen-bond acceptors (Lipinski definition) is 5. The summed E-state index contributed by atoms with van der Waals surface area (Å²) in [7, 11) is 0. The molecule has 3 aromatic carbocycles. The van der Waals surface area contributed by atoms with E-state index in [0.717, 1.165) is 17.3 Å². The van der Waals surface area contributed by atoms with Crippen LogP contribution in [0.25, 0.3) is 17.2 Å². The third kappa shape index (κ3) is 5.41. The van der Waals surface area contributed by atoms with E-state index in [1.807, 2.05) is 24.3 Å². The lowest BCUT2D eigenvalue weighted by atomic mass is 10.2. The summed E-state index contributed by atoms with van der Waals surface area (Å²) in [5.41, 5.74) is 2.82. The van der Waals surface area contributed by atoms with Gasteiger partial charge in [-0.1, -0.05) is 53.5 Å². The third-order valence-corrected chi connectivity index (χ3v) is 5.83. The summed E-state index contributed by atoms with van der Waals surface area (Å²) in [4.78, 5) is 16.2. The van der Waals surface area contributed by atoms with E-state index in [1.165, 1.54) is 0 Å². The van der Waals surface area contributed by atoms with E-state index >= 15 is 0 Å². The molecule has 0 atom stereocenters. The van der Waals surface area contributed by atoms with Crippen LogP contribution in [0.2, 0.25) is 10.0 Å². The van der Waals surface area contributed by atoms with Crippen LogP contribution in [-0.2, 0) is 11.4 Å². The van der Waals surface area contributed by atoms with Gasteiger partial charge in [-0.25, -0.2) is 9.78 Å². The molecule has 0 spiro atoms. The summed E-state index contributed by atoms with van der Waals surface area (Å²) < 4.78 is 11.4. The zero-order chi connectivity index (χ0) is 21.8. The second-order valence-electron chi connectivity index (χ2n) is 6.47. The Hall–Kier alpha value is -2.93. The summed E-state index contributed by atoms with van der Waals surface area (Å²) in [6, 6.07) is 19.7. The minimum atomic E-state index is -1.07. The minimum Gasteiger partial charge on any atom is -0.489 e. The standard InChI is InChI=1S/C23H15Cl2NO4S/c24-17-9-8-15(11-18(17)25)13-29-16-5-3-4-14(10-16)12-21(22(27)28)31-23-26-19-6-1-2-7-20(19)30-23/h1-12H,13H2,(H,27,28)/b21-12-. The maximum absolute atomic E-state index is 11.8. The molecule has 5 nitrogen and oxygen atoms in total. The molecule has 8 heteroatoms. The fourth-order valence-corrected chi connectivity index (χ4v) is 3.83. The molecule has 1 N–H and O–H groups in total. The van der Waals surface area contributed by atoms with Gasteiger partial charge in [-0.15, -0.1) is 0 Å². The van der Waals surface area contributed by atoms with E-state index in [4.69, 9.17) is 32.4 Å². The monoisotopic (exact) mass is 471 g/mol. The number of rotatable bonds is 7. The first-order valence-corrected chi connectivity index (χ1v) is 10.7. The molecule has 0 unspecified atom stereocenters. The van der Waals surface area contributed by atoms with E-state index in [9.17, 15) is 9.90 Å². The average Bonchev–Trinajstić information content (AvgIpc) is 3.17. The van der Waals surface area contributed by atoms with Crippen molar-refractivity contribution in [2.45, 2.75) is 11.8 Å². The number of aromatic nitrogens is 1. The Morgan fingerprint density at radius 1 is 1.06 bits per heavy atom. The van der Waals surface area contributed by atoms with Crippen LogP contribution < -0.4 is 4.74 Å². The van der Waals surface area contributed by atoms with Crippen LogP contribution in [0.15, 0.2) is 81.3 Å². The Labute approximate surface area is 192 Å². The van der Waals surface area contributed by atoms with Crippen molar-refractivity contribution in [3.63, 3.8) is 0 Å². The van der Waals surface area contributed by atoms with Gasteiger partial charge in [0.2, 0.25) is 0 Å². The molecule has 0 saturated heterocycles. The number of ether oxygens (including phenoxy) is 1. The normalized spacial score (nSPS) is 11.6. The van der Waals surface area contributed by atoms with Gasteiger partial charge in [0.15, 0.2) is 5.58 Å². The summed E-state index contributed by atoms with van der Waals surface area (Å²) in [6.45, 7) is 0.299. The van der Waals surface area contributed by atoms with Gasteiger partial charge >= 0.3 is 5.97 Å². The lowest BCUT2D eigenvalue weighted by Gasteiger charge is -2.08. The fraction of sp³-hybridized carbons (Fsp3) is 0.0435. The molecule has 0 bridgehead atoms. The van der Waals surface area contributed by atoms with Crippen molar-refractivity contribution in [2.75, 3.05) is 0 Å². The van der Waals surface area contributed by atoms with Crippen molar-refractivity contribution in [3.05, 3.63) is 92.8 Å². The van der Waals surface area contributed by atoms with E-state index in [2.05, 4.69) is 4.98 Å². The maximum Gasteiger partial charge on any atom is 0.342 e. The number of benzene rings is 3.